The molecule has 4 N–H and O–H groups in total. The van der Waals surface area contributed by atoms with Crippen LogP contribution in [-0.4, -0.2) is 24.2 Å². The fraction of sp³-hybridized carbons (Fsp3) is 0.190. The number of ether oxygens (including phenoxy) is 1. The molecule has 0 aromatic heterocycles. The number of carbonyl (C=O) groups is 1. The molecule has 3 aromatic rings. The quantitative estimate of drug-likeness (QED) is 0.583. The Morgan fingerprint density at radius 1 is 1.04 bits per heavy atom. The van der Waals surface area contributed by atoms with Crippen molar-refractivity contribution in [1.29, 1.82) is 0 Å². The zero-order valence-electron chi connectivity index (χ0n) is 14.4. The van der Waals surface area contributed by atoms with Crippen LogP contribution in [0, 0.1) is 0 Å². The minimum Gasteiger partial charge on any atom is -0.483 e. The van der Waals surface area contributed by atoms with Crippen LogP contribution in [-0.2, 0) is 11.3 Å². The van der Waals surface area contributed by atoms with Crippen LogP contribution in [0.25, 0.3) is 10.8 Å². The van der Waals surface area contributed by atoms with E-state index < -0.39 is 12.0 Å². The predicted octanol–water partition coefficient (Wildman–Crippen LogP) is 2.53. The number of primary amides is 1. The van der Waals surface area contributed by atoms with Gasteiger partial charge in [0, 0.05) is 18.7 Å². The molecule has 0 saturated heterocycles. The van der Waals surface area contributed by atoms with E-state index in [2.05, 4.69) is 5.32 Å². The predicted molar refractivity (Wildman–Crippen MR) is 102 cm³/mol. The van der Waals surface area contributed by atoms with E-state index in [4.69, 9.17) is 10.5 Å². The van der Waals surface area contributed by atoms with Gasteiger partial charge in [-0.25, -0.2) is 0 Å². The molecule has 3 rings (SSSR count). The van der Waals surface area contributed by atoms with Crippen LogP contribution in [0.2, 0.25) is 0 Å². The van der Waals surface area contributed by atoms with Gasteiger partial charge in [0.15, 0.2) is 6.61 Å². The van der Waals surface area contributed by atoms with Gasteiger partial charge in [-0.3, -0.25) is 4.79 Å². The summed E-state index contributed by atoms with van der Waals surface area (Å²) in [5, 5.41) is 15.7. The average Bonchev–Trinajstić information content (AvgIpc) is 2.67. The van der Waals surface area contributed by atoms with Gasteiger partial charge in [0.1, 0.15) is 5.75 Å². The van der Waals surface area contributed by atoms with Gasteiger partial charge in [-0.15, -0.1) is 0 Å². The van der Waals surface area contributed by atoms with E-state index in [1.165, 1.54) is 0 Å². The molecule has 1 unspecified atom stereocenters. The smallest absolute Gasteiger partial charge is 0.255 e. The normalized spacial score (nSPS) is 12.0. The molecule has 0 radical (unpaired) electrons. The average molecular weight is 350 g/mol. The molecule has 0 aliphatic rings. The highest BCUT2D eigenvalue weighted by atomic mass is 16.5. The second-order valence-electron chi connectivity index (χ2n) is 6.08. The summed E-state index contributed by atoms with van der Waals surface area (Å²) in [7, 11) is 0. The van der Waals surface area contributed by atoms with E-state index in [-0.39, 0.29) is 6.61 Å². The SMILES string of the molecule is NC(=O)COc1ccc2ccccc2c1CNCC(O)c1ccccc1. The number of nitrogens with two attached hydrogens (primary N) is 1. The fourth-order valence-corrected chi connectivity index (χ4v) is 2.91. The first kappa shape index (κ1) is 17.9. The summed E-state index contributed by atoms with van der Waals surface area (Å²) in [4.78, 5) is 11.1. The first-order chi connectivity index (χ1) is 12.6. The molecule has 3 aromatic carbocycles. The van der Waals surface area contributed by atoms with Gasteiger partial charge in [-0.2, -0.15) is 0 Å². The number of nitrogens with one attached hydrogen (secondary N) is 1. The summed E-state index contributed by atoms with van der Waals surface area (Å²) in [5.74, 6) is 0.0979. The number of amides is 1. The zero-order valence-corrected chi connectivity index (χ0v) is 14.4. The third-order valence-corrected chi connectivity index (χ3v) is 4.19. The monoisotopic (exact) mass is 350 g/mol. The lowest BCUT2D eigenvalue weighted by Gasteiger charge is -2.16. The third kappa shape index (κ3) is 4.39. The number of hydrogen-bond donors (Lipinski definition) is 3. The summed E-state index contributed by atoms with van der Waals surface area (Å²) < 4.78 is 5.57. The van der Waals surface area contributed by atoms with E-state index >= 15 is 0 Å². The van der Waals surface area contributed by atoms with Gasteiger partial charge < -0.3 is 20.9 Å². The molecule has 0 bridgehead atoms. The Morgan fingerprint density at radius 3 is 2.54 bits per heavy atom. The molecule has 0 fully saturated rings. The molecule has 0 aliphatic carbocycles. The van der Waals surface area contributed by atoms with Gasteiger partial charge in [-0.05, 0) is 22.4 Å². The van der Waals surface area contributed by atoms with E-state index in [9.17, 15) is 9.90 Å². The Labute approximate surface area is 152 Å². The summed E-state index contributed by atoms with van der Waals surface area (Å²) in [5.41, 5.74) is 6.99. The van der Waals surface area contributed by atoms with Crippen molar-refractivity contribution in [2.45, 2.75) is 12.6 Å². The molecular formula is C21H22N2O3. The molecule has 134 valence electrons. The van der Waals surface area contributed by atoms with Crippen molar-refractivity contribution in [3.63, 3.8) is 0 Å². The molecule has 26 heavy (non-hydrogen) atoms. The van der Waals surface area contributed by atoms with Crippen molar-refractivity contribution in [3.05, 3.63) is 77.9 Å². The maximum absolute atomic E-state index is 11.1. The Morgan fingerprint density at radius 2 is 1.77 bits per heavy atom. The number of benzene rings is 3. The molecule has 0 aliphatic heterocycles. The minimum atomic E-state index is -0.596. The number of carbonyl (C=O) groups excluding carboxylic acids is 1. The lowest BCUT2D eigenvalue weighted by molar-refractivity contribution is -0.119. The van der Waals surface area contributed by atoms with E-state index in [0.29, 0.717) is 18.8 Å². The number of aliphatic hydroxyl groups excluding tert-OH is 1. The molecule has 0 saturated carbocycles. The van der Waals surface area contributed by atoms with Gasteiger partial charge in [-0.1, -0.05) is 60.7 Å². The van der Waals surface area contributed by atoms with Crippen LogP contribution in [0.1, 0.15) is 17.2 Å². The van der Waals surface area contributed by atoms with Crippen molar-refractivity contribution >= 4 is 16.7 Å². The van der Waals surface area contributed by atoms with E-state index in [0.717, 1.165) is 21.9 Å². The van der Waals surface area contributed by atoms with E-state index in [1.54, 1.807) is 0 Å². The molecule has 1 atom stereocenters. The molecule has 0 spiro atoms. The second-order valence-corrected chi connectivity index (χ2v) is 6.08. The van der Waals surface area contributed by atoms with Crippen LogP contribution >= 0.6 is 0 Å². The topological polar surface area (TPSA) is 84.6 Å². The Kier molecular flexibility index (Phi) is 5.84. The maximum Gasteiger partial charge on any atom is 0.255 e. The van der Waals surface area contributed by atoms with E-state index in [1.807, 2.05) is 66.7 Å². The fourth-order valence-electron chi connectivity index (χ4n) is 2.91. The zero-order chi connectivity index (χ0) is 18.4. The van der Waals surface area contributed by atoms with Gasteiger partial charge in [0.25, 0.3) is 5.91 Å². The summed E-state index contributed by atoms with van der Waals surface area (Å²) in [6.45, 7) is 0.736. The summed E-state index contributed by atoms with van der Waals surface area (Å²) in [6, 6.07) is 21.3. The number of hydrogen-bond acceptors (Lipinski definition) is 4. The summed E-state index contributed by atoms with van der Waals surface area (Å²) >= 11 is 0. The molecule has 1 amide bonds. The van der Waals surface area contributed by atoms with Gasteiger partial charge >= 0.3 is 0 Å². The molecule has 5 nitrogen and oxygen atoms in total. The number of aliphatic hydroxyl groups is 1. The largest absolute Gasteiger partial charge is 0.483 e. The highest BCUT2D eigenvalue weighted by Gasteiger charge is 2.11. The highest BCUT2D eigenvalue weighted by Crippen LogP contribution is 2.28. The van der Waals surface area contributed by atoms with Crippen LogP contribution in [0.15, 0.2) is 66.7 Å². The standard InChI is InChI=1S/C21H22N2O3/c22-21(25)14-26-20-11-10-15-6-4-5-9-17(15)18(20)12-23-13-19(24)16-7-2-1-3-8-16/h1-11,19,23-24H,12-14H2,(H2,22,25). The Bertz CT molecular complexity index is 881. The maximum atomic E-state index is 11.1. The van der Waals surface area contributed by atoms with Crippen LogP contribution in [0.3, 0.4) is 0 Å². The lowest BCUT2D eigenvalue weighted by atomic mass is 10.0. The number of rotatable bonds is 8. The first-order valence-corrected chi connectivity index (χ1v) is 8.50. The van der Waals surface area contributed by atoms with Crippen LogP contribution in [0.4, 0.5) is 0 Å². The minimum absolute atomic E-state index is 0.169. The first-order valence-electron chi connectivity index (χ1n) is 8.50. The van der Waals surface area contributed by atoms with Crippen LogP contribution < -0.4 is 15.8 Å². The Balaban J connectivity index is 1.76. The van der Waals surface area contributed by atoms with Crippen LogP contribution in [0.5, 0.6) is 5.75 Å². The van der Waals surface area contributed by atoms with Crippen molar-refractivity contribution in [3.8, 4) is 5.75 Å². The van der Waals surface area contributed by atoms with Gasteiger partial charge in [0.2, 0.25) is 0 Å². The lowest BCUT2D eigenvalue weighted by Crippen LogP contribution is -2.23. The third-order valence-electron chi connectivity index (χ3n) is 4.19. The van der Waals surface area contributed by atoms with Crippen molar-refractivity contribution < 1.29 is 14.6 Å². The van der Waals surface area contributed by atoms with Crippen molar-refractivity contribution in [1.82, 2.24) is 5.32 Å². The number of fused-ring (bicyclic) bond motifs is 1. The summed E-state index contributed by atoms with van der Waals surface area (Å²) in [6.07, 6.45) is -0.596. The second kappa shape index (κ2) is 8.47. The molecule has 0 heterocycles. The van der Waals surface area contributed by atoms with Gasteiger partial charge in [0.05, 0.1) is 6.10 Å². The van der Waals surface area contributed by atoms with Crippen molar-refractivity contribution in [2.24, 2.45) is 5.73 Å². The van der Waals surface area contributed by atoms with Crippen molar-refractivity contribution in [2.75, 3.05) is 13.2 Å². The Hall–Kier alpha value is -2.89. The molecular weight excluding hydrogens is 328 g/mol. The molecule has 5 heteroatoms. The highest BCUT2D eigenvalue weighted by molar-refractivity contribution is 5.88.